The average molecular weight is 392 g/mol. The molecule has 0 saturated carbocycles. The fourth-order valence-corrected chi connectivity index (χ4v) is 1.22. The van der Waals surface area contributed by atoms with Gasteiger partial charge in [0, 0.05) is 33.1 Å². The first-order chi connectivity index (χ1) is 7.31. The van der Waals surface area contributed by atoms with Crippen LogP contribution in [0.25, 0.3) is 16.1 Å². The number of halogens is 1. The molecule has 0 atom stereocenters. The number of hydrogen-bond donors (Lipinski definition) is 0. The first-order valence-corrected chi connectivity index (χ1v) is 4.31. The van der Waals surface area contributed by atoms with Crippen LogP contribution in [0.4, 0.5) is 10.1 Å². The summed E-state index contributed by atoms with van der Waals surface area (Å²) in [6, 6.07) is 10.8. The van der Waals surface area contributed by atoms with Gasteiger partial charge in [-0.25, -0.2) is 0 Å². The van der Waals surface area contributed by atoms with E-state index >= 15 is 0 Å². The Kier molecular flexibility index (Phi) is 4.34. The van der Waals surface area contributed by atoms with Crippen LogP contribution in [0.3, 0.4) is 0 Å². The second-order valence-electron chi connectivity index (χ2n) is 2.91. The summed E-state index contributed by atoms with van der Waals surface area (Å²) in [6.07, 6.45) is 1.64. The van der Waals surface area contributed by atoms with E-state index in [2.05, 4.69) is 15.9 Å². The third-order valence-corrected chi connectivity index (χ3v) is 1.94. The minimum Gasteiger partial charge on any atom is -0.305 e. The van der Waals surface area contributed by atoms with Gasteiger partial charge in [0.15, 0.2) is 0 Å². The quantitative estimate of drug-likeness (QED) is 0.682. The Balaban J connectivity index is 0.00000128. The van der Waals surface area contributed by atoms with Crippen LogP contribution >= 0.6 is 0 Å². The fraction of sp³-hybridized carbons (Fsp3) is 0. The molecule has 2 aromatic rings. The van der Waals surface area contributed by atoms with Gasteiger partial charge < -0.3 is 4.98 Å². The Labute approximate surface area is 107 Å². The van der Waals surface area contributed by atoms with E-state index in [4.69, 9.17) is 6.57 Å². The Morgan fingerprint density at radius 1 is 1.38 bits per heavy atom. The van der Waals surface area contributed by atoms with Gasteiger partial charge >= 0.3 is 0 Å². The molecule has 0 amide bonds. The second kappa shape index (κ2) is 5.53. The summed E-state index contributed by atoms with van der Waals surface area (Å²) in [4.78, 5) is 7.18. The smallest absolute Gasteiger partial charge is 0.142 e. The summed E-state index contributed by atoms with van der Waals surface area (Å²) in [7, 11) is 0. The normalized spacial score (nSPS) is 9.00. The molecule has 0 aliphatic rings. The molecule has 82 valence electrons. The van der Waals surface area contributed by atoms with E-state index in [9.17, 15) is 4.39 Å². The molecule has 1 heterocycles. The van der Waals surface area contributed by atoms with Crippen molar-refractivity contribution < 1.29 is 25.5 Å². The Morgan fingerprint density at radius 3 is 2.81 bits per heavy atom. The molecular formula is C12H6FN2Pt-. The minimum atomic E-state index is -0.551. The molecular weight excluding hydrogens is 386 g/mol. The molecule has 0 aliphatic carbocycles. The Morgan fingerprint density at radius 2 is 2.19 bits per heavy atom. The number of rotatable bonds is 1. The summed E-state index contributed by atoms with van der Waals surface area (Å²) in [5.74, 6) is -0.551. The molecule has 0 radical (unpaired) electrons. The van der Waals surface area contributed by atoms with Gasteiger partial charge in [-0.15, -0.1) is 23.8 Å². The summed E-state index contributed by atoms with van der Waals surface area (Å²) >= 11 is 0. The van der Waals surface area contributed by atoms with E-state index in [1.807, 2.05) is 6.07 Å². The Hall–Kier alpha value is -1.52. The van der Waals surface area contributed by atoms with Crippen molar-refractivity contribution in [1.29, 1.82) is 0 Å². The first-order valence-electron chi connectivity index (χ1n) is 4.31. The summed E-state index contributed by atoms with van der Waals surface area (Å²) in [6.45, 7) is 6.79. The van der Waals surface area contributed by atoms with Crippen LogP contribution in [-0.2, 0) is 21.1 Å². The molecule has 4 heteroatoms. The van der Waals surface area contributed by atoms with Crippen molar-refractivity contribution in [1.82, 2.24) is 4.98 Å². The van der Waals surface area contributed by atoms with Gasteiger partial charge in [-0.3, -0.25) is 9.24 Å². The van der Waals surface area contributed by atoms with E-state index < -0.39 is 5.82 Å². The van der Waals surface area contributed by atoms with Crippen LogP contribution < -0.4 is 0 Å². The molecule has 0 N–H and O–H groups in total. The fourth-order valence-electron chi connectivity index (χ4n) is 1.22. The van der Waals surface area contributed by atoms with E-state index in [-0.39, 0.29) is 26.8 Å². The van der Waals surface area contributed by atoms with Gasteiger partial charge in [-0.2, -0.15) is 0 Å². The summed E-state index contributed by atoms with van der Waals surface area (Å²) < 4.78 is 13.0. The maximum Gasteiger partial charge on any atom is 0.142 e. The molecule has 0 aliphatic heterocycles. The predicted octanol–water partition coefficient (Wildman–Crippen LogP) is 3.24. The number of hydrogen-bond acceptors (Lipinski definition) is 1. The zero-order valence-electron chi connectivity index (χ0n) is 8.05. The van der Waals surface area contributed by atoms with Crippen molar-refractivity contribution in [3.05, 3.63) is 59.8 Å². The minimum absolute atomic E-state index is 0. The van der Waals surface area contributed by atoms with Gasteiger partial charge in [-0.1, -0.05) is 12.1 Å². The SMILES string of the molecule is [C-]#[N+]c1cc(-c2ccccn2)[c-]cc1F.[Pt]. The van der Waals surface area contributed by atoms with Gasteiger partial charge in [0.2, 0.25) is 0 Å². The van der Waals surface area contributed by atoms with Crippen molar-refractivity contribution in [2.24, 2.45) is 0 Å². The Bertz CT molecular complexity index is 520. The predicted molar refractivity (Wildman–Crippen MR) is 54.7 cm³/mol. The third kappa shape index (κ3) is 2.53. The molecule has 0 spiro atoms. The molecule has 2 nitrogen and oxygen atoms in total. The number of pyridine rings is 1. The van der Waals surface area contributed by atoms with Crippen molar-refractivity contribution >= 4 is 5.69 Å². The van der Waals surface area contributed by atoms with E-state index in [1.54, 1.807) is 18.3 Å². The van der Waals surface area contributed by atoms with Gasteiger partial charge in [-0.05, 0) is 11.8 Å². The molecule has 0 fully saturated rings. The second-order valence-corrected chi connectivity index (χ2v) is 2.91. The number of nitrogens with zero attached hydrogens (tertiary/aromatic N) is 2. The first kappa shape index (κ1) is 12.5. The van der Waals surface area contributed by atoms with Crippen molar-refractivity contribution in [3.63, 3.8) is 0 Å². The van der Waals surface area contributed by atoms with Crippen LogP contribution in [0.5, 0.6) is 0 Å². The maximum atomic E-state index is 13.0. The van der Waals surface area contributed by atoms with Gasteiger partial charge in [0.25, 0.3) is 0 Å². The molecule has 0 unspecified atom stereocenters. The zero-order chi connectivity index (χ0) is 10.7. The molecule has 16 heavy (non-hydrogen) atoms. The van der Waals surface area contributed by atoms with Crippen LogP contribution in [0.15, 0.2) is 36.5 Å². The van der Waals surface area contributed by atoms with Crippen molar-refractivity contribution in [2.45, 2.75) is 0 Å². The largest absolute Gasteiger partial charge is 0.305 e. The molecule has 0 saturated heterocycles. The summed E-state index contributed by atoms with van der Waals surface area (Å²) in [5.41, 5.74) is 1.31. The number of aromatic nitrogens is 1. The van der Waals surface area contributed by atoms with Gasteiger partial charge in [0.05, 0.1) is 6.57 Å². The van der Waals surface area contributed by atoms with E-state index in [0.717, 1.165) is 6.07 Å². The van der Waals surface area contributed by atoms with Crippen LogP contribution in [0, 0.1) is 18.5 Å². The maximum absolute atomic E-state index is 13.0. The zero-order valence-corrected chi connectivity index (χ0v) is 10.3. The standard InChI is InChI=1S/C12H6FN2.Pt/c1-14-12-8-9(5-6-10(12)13)11-4-2-3-7-15-11;/h2-4,6-8H;/q-1;. The van der Waals surface area contributed by atoms with E-state index in [0.29, 0.717) is 11.3 Å². The van der Waals surface area contributed by atoms with Crippen molar-refractivity contribution in [2.75, 3.05) is 0 Å². The number of benzene rings is 1. The van der Waals surface area contributed by atoms with Crippen LogP contribution in [-0.4, -0.2) is 4.98 Å². The van der Waals surface area contributed by atoms with E-state index in [1.165, 1.54) is 6.07 Å². The monoisotopic (exact) mass is 392 g/mol. The summed E-state index contributed by atoms with van der Waals surface area (Å²) in [5, 5.41) is 0. The third-order valence-electron chi connectivity index (χ3n) is 1.94. The van der Waals surface area contributed by atoms with Crippen LogP contribution in [0.2, 0.25) is 0 Å². The molecule has 0 bridgehead atoms. The molecule has 2 rings (SSSR count). The topological polar surface area (TPSA) is 17.2 Å². The molecule has 1 aromatic carbocycles. The van der Waals surface area contributed by atoms with Gasteiger partial charge in [0.1, 0.15) is 5.69 Å². The van der Waals surface area contributed by atoms with Crippen LogP contribution in [0.1, 0.15) is 0 Å². The average Bonchev–Trinajstić information content (AvgIpc) is 2.31. The van der Waals surface area contributed by atoms with Crippen molar-refractivity contribution in [3.8, 4) is 11.3 Å². The molecule has 1 aromatic heterocycles.